The summed E-state index contributed by atoms with van der Waals surface area (Å²) >= 11 is 0. The Balaban J connectivity index is 1.58. The SMILES string of the molecule is COc1cc(NC2CCN(C(=O)c3cn[nH]c3)CC2)cc(OC)c1. The molecule has 1 aliphatic rings. The molecule has 0 atom stereocenters. The minimum Gasteiger partial charge on any atom is -0.497 e. The minimum atomic E-state index is 0.0326. The molecule has 7 heteroatoms. The van der Waals surface area contributed by atoms with Crippen molar-refractivity contribution >= 4 is 11.6 Å². The summed E-state index contributed by atoms with van der Waals surface area (Å²) in [4.78, 5) is 14.2. The highest BCUT2D eigenvalue weighted by atomic mass is 16.5. The van der Waals surface area contributed by atoms with Crippen LogP contribution in [0.1, 0.15) is 23.2 Å². The van der Waals surface area contributed by atoms with Crippen LogP contribution in [-0.4, -0.2) is 54.4 Å². The van der Waals surface area contributed by atoms with Crippen LogP contribution in [-0.2, 0) is 0 Å². The lowest BCUT2D eigenvalue weighted by Gasteiger charge is -2.32. The van der Waals surface area contributed by atoms with Crippen molar-refractivity contribution in [3.05, 3.63) is 36.2 Å². The van der Waals surface area contributed by atoms with Gasteiger partial charge in [0.2, 0.25) is 0 Å². The molecule has 1 fully saturated rings. The molecular formula is C17H22N4O3. The maximum absolute atomic E-state index is 12.3. The van der Waals surface area contributed by atoms with Gasteiger partial charge in [-0.15, -0.1) is 0 Å². The number of methoxy groups -OCH3 is 2. The second-order valence-corrected chi connectivity index (χ2v) is 5.80. The molecule has 3 rings (SSSR count). The van der Waals surface area contributed by atoms with Gasteiger partial charge in [-0.05, 0) is 12.8 Å². The molecule has 1 amide bonds. The molecule has 2 N–H and O–H groups in total. The van der Waals surface area contributed by atoms with Gasteiger partial charge in [0.05, 0.1) is 26.0 Å². The molecule has 2 aromatic rings. The fraction of sp³-hybridized carbons (Fsp3) is 0.412. The van der Waals surface area contributed by atoms with Crippen LogP contribution in [0.15, 0.2) is 30.6 Å². The number of aromatic amines is 1. The first kappa shape index (κ1) is 16.2. The number of aromatic nitrogens is 2. The molecular weight excluding hydrogens is 308 g/mol. The predicted molar refractivity (Wildman–Crippen MR) is 90.7 cm³/mol. The molecule has 0 spiro atoms. The van der Waals surface area contributed by atoms with Gasteiger partial charge in [0.25, 0.3) is 5.91 Å². The third-order valence-corrected chi connectivity index (χ3v) is 4.25. The van der Waals surface area contributed by atoms with Gasteiger partial charge in [0.15, 0.2) is 0 Å². The van der Waals surface area contributed by atoms with E-state index in [1.807, 2.05) is 23.1 Å². The highest BCUT2D eigenvalue weighted by Gasteiger charge is 2.24. The Kier molecular flexibility index (Phi) is 4.88. The van der Waals surface area contributed by atoms with Gasteiger partial charge in [0, 0.05) is 49.2 Å². The second-order valence-electron chi connectivity index (χ2n) is 5.80. The largest absolute Gasteiger partial charge is 0.497 e. The van der Waals surface area contributed by atoms with Crippen LogP contribution in [0.2, 0.25) is 0 Å². The Morgan fingerprint density at radius 2 is 1.88 bits per heavy atom. The van der Waals surface area contributed by atoms with E-state index in [-0.39, 0.29) is 5.91 Å². The first-order valence-corrected chi connectivity index (χ1v) is 7.97. The van der Waals surface area contributed by atoms with Crippen molar-refractivity contribution < 1.29 is 14.3 Å². The van der Waals surface area contributed by atoms with Crippen molar-refractivity contribution in [2.45, 2.75) is 18.9 Å². The van der Waals surface area contributed by atoms with Crippen LogP contribution in [0.4, 0.5) is 5.69 Å². The van der Waals surface area contributed by atoms with E-state index < -0.39 is 0 Å². The van der Waals surface area contributed by atoms with Crippen molar-refractivity contribution in [3.8, 4) is 11.5 Å². The lowest BCUT2D eigenvalue weighted by atomic mass is 10.0. The van der Waals surface area contributed by atoms with E-state index in [0.29, 0.717) is 11.6 Å². The number of anilines is 1. The van der Waals surface area contributed by atoms with Crippen LogP contribution in [0.25, 0.3) is 0 Å². The summed E-state index contributed by atoms with van der Waals surface area (Å²) in [6, 6.07) is 6.06. The third-order valence-electron chi connectivity index (χ3n) is 4.25. The predicted octanol–water partition coefficient (Wildman–Crippen LogP) is 2.14. The van der Waals surface area contributed by atoms with Crippen molar-refractivity contribution in [1.82, 2.24) is 15.1 Å². The molecule has 24 heavy (non-hydrogen) atoms. The number of benzene rings is 1. The molecule has 1 aliphatic heterocycles. The summed E-state index contributed by atoms with van der Waals surface area (Å²) in [5.41, 5.74) is 1.57. The third kappa shape index (κ3) is 3.61. The van der Waals surface area contributed by atoms with Gasteiger partial charge in [-0.1, -0.05) is 0 Å². The lowest BCUT2D eigenvalue weighted by Crippen LogP contribution is -2.42. The first-order chi connectivity index (χ1) is 11.7. The second kappa shape index (κ2) is 7.25. The van der Waals surface area contributed by atoms with E-state index in [1.54, 1.807) is 26.6 Å². The van der Waals surface area contributed by atoms with Gasteiger partial charge in [-0.3, -0.25) is 9.89 Å². The molecule has 0 bridgehead atoms. The number of hydrogen-bond donors (Lipinski definition) is 2. The van der Waals surface area contributed by atoms with Gasteiger partial charge in [0.1, 0.15) is 11.5 Å². The summed E-state index contributed by atoms with van der Waals surface area (Å²) in [5, 5.41) is 10.0. The summed E-state index contributed by atoms with van der Waals surface area (Å²) < 4.78 is 10.6. The Labute approximate surface area is 140 Å². The molecule has 7 nitrogen and oxygen atoms in total. The zero-order valence-electron chi connectivity index (χ0n) is 13.9. The number of rotatable bonds is 5. The molecule has 1 aromatic carbocycles. The van der Waals surface area contributed by atoms with E-state index in [2.05, 4.69) is 15.5 Å². The van der Waals surface area contributed by atoms with Crippen LogP contribution in [0.5, 0.6) is 11.5 Å². The quantitative estimate of drug-likeness (QED) is 0.878. The monoisotopic (exact) mass is 330 g/mol. The number of H-pyrrole nitrogens is 1. The topological polar surface area (TPSA) is 79.5 Å². The van der Waals surface area contributed by atoms with Crippen LogP contribution < -0.4 is 14.8 Å². The summed E-state index contributed by atoms with van der Waals surface area (Å²) in [7, 11) is 3.27. The maximum Gasteiger partial charge on any atom is 0.257 e. The number of nitrogens with zero attached hydrogens (tertiary/aromatic N) is 2. The van der Waals surface area contributed by atoms with Gasteiger partial charge < -0.3 is 19.7 Å². The van der Waals surface area contributed by atoms with Crippen molar-refractivity contribution in [2.24, 2.45) is 0 Å². The minimum absolute atomic E-state index is 0.0326. The van der Waals surface area contributed by atoms with Crippen molar-refractivity contribution in [3.63, 3.8) is 0 Å². The fourth-order valence-corrected chi connectivity index (χ4v) is 2.90. The highest BCUT2D eigenvalue weighted by molar-refractivity contribution is 5.93. The summed E-state index contributed by atoms with van der Waals surface area (Å²) in [6.07, 6.45) is 4.98. The number of piperidine rings is 1. The number of carbonyl (C=O) groups is 1. The van der Waals surface area contributed by atoms with Crippen molar-refractivity contribution in [2.75, 3.05) is 32.6 Å². The molecule has 2 heterocycles. The zero-order valence-corrected chi connectivity index (χ0v) is 13.9. The normalized spacial score (nSPS) is 15.2. The Morgan fingerprint density at radius 3 is 2.42 bits per heavy atom. The molecule has 1 saturated heterocycles. The maximum atomic E-state index is 12.3. The number of likely N-dealkylation sites (tertiary alicyclic amines) is 1. The lowest BCUT2D eigenvalue weighted by molar-refractivity contribution is 0.0718. The average Bonchev–Trinajstić information content (AvgIpc) is 3.16. The standard InChI is InChI=1S/C17H22N4O3/c1-23-15-7-14(8-16(9-15)24-2)20-13-3-5-21(6-4-13)17(22)12-10-18-19-11-12/h7-11,13,20H,3-6H2,1-2H3,(H,18,19). The van der Waals surface area contributed by atoms with E-state index in [0.717, 1.165) is 43.1 Å². The van der Waals surface area contributed by atoms with E-state index in [1.165, 1.54) is 0 Å². The number of nitrogens with one attached hydrogen (secondary N) is 2. The smallest absolute Gasteiger partial charge is 0.257 e. The fourth-order valence-electron chi connectivity index (χ4n) is 2.90. The molecule has 0 aliphatic carbocycles. The number of hydrogen-bond acceptors (Lipinski definition) is 5. The molecule has 128 valence electrons. The number of amides is 1. The Bertz CT molecular complexity index is 657. The highest BCUT2D eigenvalue weighted by Crippen LogP contribution is 2.27. The van der Waals surface area contributed by atoms with Crippen LogP contribution in [0.3, 0.4) is 0 Å². The molecule has 0 unspecified atom stereocenters. The van der Waals surface area contributed by atoms with Crippen LogP contribution >= 0.6 is 0 Å². The summed E-state index contributed by atoms with van der Waals surface area (Å²) in [6.45, 7) is 1.45. The average molecular weight is 330 g/mol. The first-order valence-electron chi connectivity index (χ1n) is 7.97. The van der Waals surface area contributed by atoms with Crippen LogP contribution in [0, 0.1) is 0 Å². The van der Waals surface area contributed by atoms with Gasteiger partial charge >= 0.3 is 0 Å². The van der Waals surface area contributed by atoms with E-state index in [4.69, 9.17) is 9.47 Å². The number of carbonyl (C=O) groups excluding carboxylic acids is 1. The van der Waals surface area contributed by atoms with E-state index >= 15 is 0 Å². The summed E-state index contributed by atoms with van der Waals surface area (Å²) in [5.74, 6) is 1.54. The molecule has 1 aromatic heterocycles. The number of ether oxygens (including phenoxy) is 2. The Hall–Kier alpha value is -2.70. The van der Waals surface area contributed by atoms with E-state index in [9.17, 15) is 4.79 Å². The zero-order chi connectivity index (χ0) is 16.9. The van der Waals surface area contributed by atoms with Gasteiger partial charge in [-0.25, -0.2) is 0 Å². The van der Waals surface area contributed by atoms with Crippen molar-refractivity contribution in [1.29, 1.82) is 0 Å². The molecule has 0 radical (unpaired) electrons. The molecule has 0 saturated carbocycles. The van der Waals surface area contributed by atoms with Gasteiger partial charge in [-0.2, -0.15) is 5.10 Å². The Morgan fingerprint density at radius 1 is 1.21 bits per heavy atom.